The molecule has 0 saturated heterocycles. The predicted octanol–water partition coefficient (Wildman–Crippen LogP) is -2.83. The summed E-state index contributed by atoms with van der Waals surface area (Å²) in [5.41, 5.74) is 0. The third-order valence-corrected chi connectivity index (χ3v) is 0. The zero-order valence-corrected chi connectivity index (χ0v) is 5.93. The minimum atomic E-state index is -5.39. The Morgan fingerprint density at radius 1 is 1.17 bits per heavy atom. The first kappa shape index (κ1) is 10.1. The number of hydrogen-bond donors (Lipinski definition) is 0. The van der Waals surface area contributed by atoms with Crippen molar-refractivity contribution in [3.8, 4) is 0 Å². The van der Waals surface area contributed by atoms with Crippen LogP contribution in [-0.2, 0) is 30.8 Å². The van der Waals surface area contributed by atoms with Crippen LogP contribution in [-0.4, -0.2) is 0 Å². The molecule has 0 bridgehead atoms. The van der Waals surface area contributed by atoms with Crippen LogP contribution < -0.4 is 14.7 Å². The van der Waals surface area contributed by atoms with E-state index in [-0.39, 0.29) is 26.2 Å². The van der Waals surface area contributed by atoms with E-state index in [9.17, 15) is 0 Å². The monoisotopic (exact) mass is 185 g/mol. The Hall–Kier alpha value is 0.993. The molecule has 0 radical (unpaired) electrons. The van der Waals surface area contributed by atoms with Crippen LogP contribution in [0.25, 0.3) is 0 Å². The average Bonchev–Trinajstić information content (AvgIpc) is 0.722. The first-order chi connectivity index (χ1) is 2.00. The van der Waals surface area contributed by atoms with E-state index in [1.807, 2.05) is 0 Å². The Morgan fingerprint density at radius 3 is 1.17 bits per heavy atom. The molecule has 0 aliphatic heterocycles. The molecule has 0 aromatic rings. The molecule has 0 rings (SSSR count). The van der Waals surface area contributed by atoms with Crippen molar-refractivity contribution in [2.45, 2.75) is 0 Å². The van der Waals surface area contributed by atoms with Crippen LogP contribution >= 0.6 is 7.82 Å². The van der Waals surface area contributed by atoms with Crippen LogP contribution in [0, 0.1) is 0 Å². The molecule has 0 spiro atoms. The number of rotatable bonds is 0. The van der Waals surface area contributed by atoms with Gasteiger partial charge in [-0.15, -0.1) is 0 Å². The first-order valence-electron chi connectivity index (χ1n) is 0.730. The molecule has 0 saturated carbocycles. The molecule has 0 amide bonds. The van der Waals surface area contributed by atoms with Crippen molar-refractivity contribution in [2.75, 3.05) is 0 Å². The summed E-state index contributed by atoms with van der Waals surface area (Å²) in [5, 5.41) is 0. The molecule has 4 nitrogen and oxygen atoms in total. The van der Waals surface area contributed by atoms with Gasteiger partial charge in [0.2, 0.25) is 0 Å². The van der Waals surface area contributed by atoms with Gasteiger partial charge in [-0.2, -0.15) is 7.82 Å². The quantitative estimate of drug-likeness (QED) is 0.382. The summed E-state index contributed by atoms with van der Waals surface area (Å²) < 4.78 is 8.55. The molecular weight excluding hydrogens is 186 g/mol. The number of hydrogen-bond acceptors (Lipinski definition) is 4. The van der Waals surface area contributed by atoms with Gasteiger partial charge in [0.25, 0.3) is 0 Å². The second-order valence-corrected chi connectivity index (χ2v) is 1.34. The zero-order valence-electron chi connectivity index (χ0n) is 2.58. The summed E-state index contributed by atoms with van der Waals surface area (Å²) in [4.78, 5) is 25.6. The van der Waals surface area contributed by atoms with Gasteiger partial charge in [0.1, 0.15) is 0 Å². The van der Waals surface area contributed by atoms with Crippen molar-refractivity contribution in [3.05, 3.63) is 0 Å². The fourth-order valence-corrected chi connectivity index (χ4v) is 0. The van der Waals surface area contributed by atoms with Crippen molar-refractivity contribution in [3.63, 3.8) is 0 Å². The van der Waals surface area contributed by atoms with Gasteiger partial charge >= 0.3 is 26.2 Å². The van der Waals surface area contributed by atoms with Crippen molar-refractivity contribution in [1.29, 1.82) is 0 Å². The Bertz CT molecular complexity index is 53.7. The van der Waals surface area contributed by atoms with E-state index in [4.69, 9.17) is 19.2 Å². The van der Waals surface area contributed by atoms with Crippen LogP contribution in [0.2, 0.25) is 0 Å². The summed E-state index contributed by atoms with van der Waals surface area (Å²) in [6.07, 6.45) is 0. The van der Waals surface area contributed by atoms with Gasteiger partial charge in [-0.25, -0.2) is 0 Å². The summed E-state index contributed by atoms with van der Waals surface area (Å²) in [7, 11) is -5.39. The van der Waals surface area contributed by atoms with E-state index in [1.165, 1.54) is 0 Å². The minimum Gasteiger partial charge on any atom is -0.822 e. The molecule has 32 valence electrons. The molecule has 0 aliphatic rings. The maximum absolute atomic E-state index is 8.55. The summed E-state index contributed by atoms with van der Waals surface area (Å²) in [6, 6.07) is 0. The van der Waals surface area contributed by atoms with Crippen LogP contribution in [0.3, 0.4) is 0 Å². The van der Waals surface area contributed by atoms with Gasteiger partial charge in [0.05, 0.1) is 0 Å². The van der Waals surface area contributed by atoms with E-state index >= 15 is 0 Å². The zero-order chi connectivity index (χ0) is 4.50. The Balaban J connectivity index is 0. The van der Waals surface area contributed by atoms with Gasteiger partial charge in [-0.05, 0) is 0 Å². The fourth-order valence-electron chi connectivity index (χ4n) is 0. The van der Waals surface area contributed by atoms with E-state index in [1.54, 1.807) is 0 Å². The summed E-state index contributed by atoms with van der Waals surface area (Å²) in [6.45, 7) is 0. The predicted molar refractivity (Wildman–Crippen MR) is 7.61 cm³/mol. The van der Waals surface area contributed by atoms with E-state index in [0.29, 0.717) is 0 Å². The third-order valence-electron chi connectivity index (χ3n) is 0. The van der Waals surface area contributed by atoms with Crippen molar-refractivity contribution in [1.82, 2.24) is 0 Å². The molecule has 6 heteroatoms. The molecule has 0 fully saturated rings. The van der Waals surface area contributed by atoms with Crippen LogP contribution in [0.5, 0.6) is 0 Å². The topological polar surface area (TPSA) is 86.2 Å². The normalized spacial score (nSPS) is 9.83. The summed E-state index contributed by atoms with van der Waals surface area (Å²) in [5.74, 6) is 0. The smallest absolute Gasteiger partial charge is 0.822 e. The van der Waals surface area contributed by atoms with Gasteiger partial charge in [-0.1, -0.05) is 0 Å². The molecule has 0 N–H and O–H groups in total. The van der Waals surface area contributed by atoms with Gasteiger partial charge < -0.3 is 19.2 Å². The molecule has 0 atom stereocenters. The van der Waals surface area contributed by atoms with Crippen molar-refractivity contribution < 1.29 is 45.4 Å². The van der Waals surface area contributed by atoms with Crippen molar-refractivity contribution in [2.24, 2.45) is 0 Å². The number of phosphoric acid groups is 1. The standard InChI is InChI=1S/H3O4P.Zr/c1-5(2,3)4;/h(H3,1,2,3,4);/q;+4/p-3. The van der Waals surface area contributed by atoms with Gasteiger partial charge in [-0.3, -0.25) is 0 Å². The molecule has 0 unspecified atom stereocenters. The Morgan fingerprint density at radius 2 is 1.17 bits per heavy atom. The second-order valence-electron chi connectivity index (χ2n) is 0.447. The fraction of sp³-hybridized carbons (Fsp3) is 0. The largest absolute Gasteiger partial charge is 4.00 e. The van der Waals surface area contributed by atoms with Crippen LogP contribution in [0.1, 0.15) is 0 Å². The molecule has 0 aromatic carbocycles. The average molecular weight is 186 g/mol. The third kappa shape index (κ3) is 80.7. The second kappa shape index (κ2) is 3.06. The first-order valence-corrected chi connectivity index (χ1v) is 2.19. The molecule has 6 heavy (non-hydrogen) atoms. The van der Waals surface area contributed by atoms with Gasteiger partial charge in [0.15, 0.2) is 0 Å². The van der Waals surface area contributed by atoms with Crippen LogP contribution in [0.15, 0.2) is 0 Å². The SMILES string of the molecule is O=P([O-])([O-])[O-].[Zr+4]. The van der Waals surface area contributed by atoms with E-state index < -0.39 is 7.82 Å². The Labute approximate surface area is 53.6 Å². The van der Waals surface area contributed by atoms with E-state index in [2.05, 4.69) is 0 Å². The summed E-state index contributed by atoms with van der Waals surface area (Å²) >= 11 is 0. The maximum Gasteiger partial charge on any atom is 4.00 e. The molecule has 0 heterocycles. The van der Waals surface area contributed by atoms with Crippen molar-refractivity contribution >= 4 is 7.82 Å². The maximum atomic E-state index is 8.55. The van der Waals surface area contributed by atoms with Gasteiger partial charge in [0, 0.05) is 0 Å². The molecular formula is O4PZr+. The molecule has 0 aromatic heterocycles. The Kier molecular flexibility index (Phi) is 5.13. The van der Waals surface area contributed by atoms with E-state index in [0.717, 1.165) is 0 Å². The minimum absolute atomic E-state index is 0. The molecule has 0 aliphatic carbocycles. The van der Waals surface area contributed by atoms with Crippen LogP contribution in [0.4, 0.5) is 0 Å².